The number of carbonyl (C=O) groups is 1. The van der Waals surface area contributed by atoms with E-state index in [1.807, 2.05) is 42.6 Å². The quantitative estimate of drug-likeness (QED) is 0.444. The van der Waals surface area contributed by atoms with Crippen molar-refractivity contribution < 1.29 is 9.53 Å². The first kappa shape index (κ1) is 18.8. The predicted molar refractivity (Wildman–Crippen MR) is 122 cm³/mol. The van der Waals surface area contributed by atoms with Crippen molar-refractivity contribution in [1.82, 2.24) is 4.98 Å². The maximum Gasteiger partial charge on any atom is 0.230 e. The molecule has 1 amide bonds. The SMILES string of the molecule is CCOc1ccccc1-c1nc(CC(=O)Nc2ccc3c4c(cccc24)CC3)cs1. The topological polar surface area (TPSA) is 51.2 Å². The molecular weight excluding hydrogens is 392 g/mol. The number of nitrogens with zero attached hydrogens (tertiary/aromatic N) is 1. The highest BCUT2D eigenvalue weighted by atomic mass is 32.1. The smallest absolute Gasteiger partial charge is 0.230 e. The number of nitrogens with one attached hydrogen (secondary N) is 1. The van der Waals surface area contributed by atoms with Crippen LogP contribution in [0.4, 0.5) is 5.69 Å². The summed E-state index contributed by atoms with van der Waals surface area (Å²) in [5.74, 6) is 0.766. The molecule has 0 aliphatic heterocycles. The van der Waals surface area contributed by atoms with Crippen LogP contribution in [0.5, 0.6) is 5.75 Å². The summed E-state index contributed by atoms with van der Waals surface area (Å²) in [6.07, 6.45) is 2.40. The van der Waals surface area contributed by atoms with Crippen LogP contribution in [0.25, 0.3) is 21.3 Å². The Kier molecular flexibility index (Phi) is 4.97. The molecule has 1 aliphatic rings. The second-order valence-corrected chi connectivity index (χ2v) is 8.27. The summed E-state index contributed by atoms with van der Waals surface area (Å²) < 4.78 is 5.71. The van der Waals surface area contributed by atoms with Crippen LogP contribution in [0.1, 0.15) is 23.7 Å². The number of carbonyl (C=O) groups excluding carboxylic acids is 1. The number of rotatable bonds is 6. The number of para-hydroxylation sites is 1. The Balaban J connectivity index is 1.35. The number of hydrogen-bond acceptors (Lipinski definition) is 4. The minimum Gasteiger partial charge on any atom is -0.493 e. The fourth-order valence-electron chi connectivity index (χ4n) is 4.15. The molecule has 1 aliphatic carbocycles. The third kappa shape index (κ3) is 3.46. The van der Waals surface area contributed by atoms with Gasteiger partial charge in [-0.15, -0.1) is 11.3 Å². The summed E-state index contributed by atoms with van der Waals surface area (Å²) in [7, 11) is 0. The zero-order valence-corrected chi connectivity index (χ0v) is 17.6. The molecule has 0 saturated carbocycles. The molecule has 4 nitrogen and oxygen atoms in total. The first-order valence-corrected chi connectivity index (χ1v) is 11.1. The first-order valence-electron chi connectivity index (χ1n) is 10.2. The number of anilines is 1. The molecule has 3 aromatic carbocycles. The van der Waals surface area contributed by atoms with Crippen LogP contribution in [0.15, 0.2) is 60.0 Å². The lowest BCUT2D eigenvalue weighted by Gasteiger charge is -2.10. The first-order chi connectivity index (χ1) is 14.7. The van der Waals surface area contributed by atoms with Crippen LogP contribution in [0, 0.1) is 0 Å². The number of thiazole rings is 1. The molecule has 1 heterocycles. The average Bonchev–Trinajstić information content (AvgIpc) is 3.39. The Morgan fingerprint density at radius 3 is 2.77 bits per heavy atom. The normalized spacial score (nSPS) is 12.3. The largest absolute Gasteiger partial charge is 0.493 e. The van der Waals surface area contributed by atoms with Crippen LogP contribution in [0.3, 0.4) is 0 Å². The molecule has 0 radical (unpaired) electrons. The van der Waals surface area contributed by atoms with E-state index in [4.69, 9.17) is 4.74 Å². The number of aromatic nitrogens is 1. The van der Waals surface area contributed by atoms with Gasteiger partial charge in [0.2, 0.25) is 5.91 Å². The van der Waals surface area contributed by atoms with E-state index in [0.717, 1.165) is 45.9 Å². The summed E-state index contributed by atoms with van der Waals surface area (Å²) in [6, 6.07) is 18.4. The Bertz CT molecular complexity index is 1230. The molecule has 5 rings (SSSR count). The molecular formula is C25H22N2O2S. The maximum absolute atomic E-state index is 12.8. The van der Waals surface area contributed by atoms with Crippen molar-refractivity contribution in [3.8, 4) is 16.3 Å². The van der Waals surface area contributed by atoms with E-state index in [1.165, 1.54) is 27.8 Å². The van der Waals surface area contributed by atoms with Crippen molar-refractivity contribution in [2.24, 2.45) is 0 Å². The lowest BCUT2D eigenvalue weighted by Crippen LogP contribution is -2.15. The Morgan fingerprint density at radius 1 is 1.07 bits per heavy atom. The van der Waals surface area contributed by atoms with Crippen LogP contribution >= 0.6 is 11.3 Å². The minimum absolute atomic E-state index is 0.0522. The molecule has 0 atom stereocenters. The Labute approximate surface area is 179 Å². The molecule has 30 heavy (non-hydrogen) atoms. The molecule has 0 bridgehead atoms. The molecule has 0 saturated heterocycles. The maximum atomic E-state index is 12.8. The molecule has 1 N–H and O–H groups in total. The van der Waals surface area contributed by atoms with E-state index in [0.29, 0.717) is 6.61 Å². The highest BCUT2D eigenvalue weighted by Crippen LogP contribution is 2.35. The van der Waals surface area contributed by atoms with Gasteiger partial charge in [0.25, 0.3) is 0 Å². The van der Waals surface area contributed by atoms with Crippen molar-refractivity contribution in [2.75, 3.05) is 11.9 Å². The summed E-state index contributed by atoms with van der Waals surface area (Å²) in [6.45, 7) is 2.57. The van der Waals surface area contributed by atoms with Gasteiger partial charge in [-0.25, -0.2) is 4.98 Å². The Morgan fingerprint density at radius 2 is 1.90 bits per heavy atom. The van der Waals surface area contributed by atoms with E-state index in [1.54, 1.807) is 0 Å². The molecule has 0 unspecified atom stereocenters. The number of aryl methyl sites for hydroxylation is 2. The standard InChI is InChI=1S/C25H22N2O2S/c1-2-29-22-9-4-3-7-20(22)25-26-18(15-30-25)14-23(28)27-21-13-12-17-11-10-16-6-5-8-19(21)24(16)17/h3-9,12-13,15H,2,10-11,14H2,1H3,(H,27,28). The van der Waals surface area contributed by atoms with Crippen LogP contribution in [0.2, 0.25) is 0 Å². The number of amides is 1. The van der Waals surface area contributed by atoms with Crippen molar-refractivity contribution in [3.05, 3.63) is 76.8 Å². The molecule has 0 fully saturated rings. The zero-order valence-electron chi connectivity index (χ0n) is 16.8. The van der Waals surface area contributed by atoms with Crippen LogP contribution in [-0.2, 0) is 24.1 Å². The monoisotopic (exact) mass is 414 g/mol. The van der Waals surface area contributed by atoms with E-state index >= 15 is 0 Å². The highest BCUT2D eigenvalue weighted by molar-refractivity contribution is 7.13. The second-order valence-electron chi connectivity index (χ2n) is 7.41. The van der Waals surface area contributed by atoms with Crippen molar-refractivity contribution in [2.45, 2.75) is 26.2 Å². The van der Waals surface area contributed by atoms with Gasteiger partial charge < -0.3 is 10.1 Å². The minimum atomic E-state index is -0.0522. The van der Waals surface area contributed by atoms with Gasteiger partial charge in [0.05, 0.1) is 24.3 Å². The van der Waals surface area contributed by atoms with Crippen molar-refractivity contribution in [3.63, 3.8) is 0 Å². The van der Waals surface area contributed by atoms with E-state index in [-0.39, 0.29) is 12.3 Å². The van der Waals surface area contributed by atoms with E-state index in [2.05, 4.69) is 34.6 Å². The third-order valence-electron chi connectivity index (χ3n) is 5.46. The summed E-state index contributed by atoms with van der Waals surface area (Å²) in [5, 5.41) is 8.34. The molecule has 4 aromatic rings. The summed E-state index contributed by atoms with van der Waals surface area (Å²) >= 11 is 1.53. The molecule has 5 heteroatoms. The summed E-state index contributed by atoms with van der Waals surface area (Å²) in [5.41, 5.74) is 5.35. The van der Waals surface area contributed by atoms with Gasteiger partial charge in [-0.2, -0.15) is 0 Å². The van der Waals surface area contributed by atoms with E-state index in [9.17, 15) is 4.79 Å². The molecule has 1 aromatic heterocycles. The van der Waals surface area contributed by atoms with Crippen molar-refractivity contribution >= 4 is 33.7 Å². The second kappa shape index (κ2) is 7.92. The van der Waals surface area contributed by atoms with Gasteiger partial charge in [-0.3, -0.25) is 4.79 Å². The van der Waals surface area contributed by atoms with Gasteiger partial charge in [-0.05, 0) is 54.5 Å². The van der Waals surface area contributed by atoms with Gasteiger partial charge >= 0.3 is 0 Å². The van der Waals surface area contributed by atoms with Gasteiger partial charge in [0.1, 0.15) is 10.8 Å². The zero-order chi connectivity index (χ0) is 20.5. The van der Waals surface area contributed by atoms with Crippen LogP contribution < -0.4 is 10.1 Å². The lowest BCUT2D eigenvalue weighted by atomic mass is 10.0. The number of benzene rings is 3. The lowest BCUT2D eigenvalue weighted by molar-refractivity contribution is -0.115. The summed E-state index contributed by atoms with van der Waals surface area (Å²) in [4.78, 5) is 17.4. The number of ether oxygens (including phenoxy) is 1. The van der Waals surface area contributed by atoms with Gasteiger partial charge in [0.15, 0.2) is 0 Å². The van der Waals surface area contributed by atoms with Gasteiger partial charge in [-0.1, -0.05) is 36.4 Å². The molecule has 150 valence electrons. The average molecular weight is 415 g/mol. The van der Waals surface area contributed by atoms with E-state index < -0.39 is 0 Å². The predicted octanol–water partition coefficient (Wildman–Crippen LogP) is 5.64. The van der Waals surface area contributed by atoms with Crippen molar-refractivity contribution in [1.29, 1.82) is 0 Å². The van der Waals surface area contributed by atoms with Crippen LogP contribution in [-0.4, -0.2) is 17.5 Å². The third-order valence-corrected chi connectivity index (χ3v) is 6.39. The fraction of sp³-hybridized carbons (Fsp3) is 0.200. The Hall–Kier alpha value is -3.18. The molecule has 0 spiro atoms. The number of hydrogen-bond donors (Lipinski definition) is 1. The fourth-order valence-corrected chi connectivity index (χ4v) is 5.00. The van der Waals surface area contributed by atoms with Gasteiger partial charge in [0, 0.05) is 16.5 Å². The highest BCUT2D eigenvalue weighted by Gasteiger charge is 2.17.